The van der Waals surface area contributed by atoms with Crippen LogP contribution in [0.15, 0.2) is 11.1 Å². The third kappa shape index (κ3) is 1.81. The van der Waals surface area contributed by atoms with Crippen molar-refractivity contribution in [3.05, 3.63) is 11.1 Å². The van der Waals surface area contributed by atoms with E-state index in [1.807, 2.05) is 0 Å². The van der Waals surface area contributed by atoms with Gasteiger partial charge in [-0.05, 0) is 37.7 Å². The highest BCUT2D eigenvalue weighted by Crippen LogP contribution is 2.35. The molecular weight excluding hydrogens is 190 g/mol. The van der Waals surface area contributed by atoms with Crippen molar-refractivity contribution in [2.45, 2.75) is 51.7 Å². The van der Waals surface area contributed by atoms with Gasteiger partial charge in [0.2, 0.25) is 0 Å². The van der Waals surface area contributed by atoms with E-state index in [1.54, 1.807) is 4.90 Å². The molecular formula is C12H19NO2. The molecule has 2 rings (SSSR count). The predicted octanol–water partition coefficient (Wildman–Crippen LogP) is 1.82. The van der Waals surface area contributed by atoms with Gasteiger partial charge in [-0.1, -0.05) is 13.3 Å². The molecule has 0 saturated heterocycles. The van der Waals surface area contributed by atoms with Gasteiger partial charge in [0.15, 0.2) is 6.23 Å². The van der Waals surface area contributed by atoms with E-state index in [-0.39, 0.29) is 5.91 Å². The zero-order valence-electron chi connectivity index (χ0n) is 9.33. The van der Waals surface area contributed by atoms with Gasteiger partial charge in [-0.2, -0.15) is 0 Å². The zero-order chi connectivity index (χ0) is 10.8. The molecule has 1 N–H and O–H groups in total. The molecule has 3 heteroatoms. The Balaban J connectivity index is 2.11. The minimum atomic E-state index is -0.612. The number of carbonyl (C=O) groups excluding carboxylic acids is 1. The molecule has 2 aliphatic rings. The maximum absolute atomic E-state index is 12.0. The zero-order valence-corrected chi connectivity index (χ0v) is 9.33. The first kappa shape index (κ1) is 10.7. The van der Waals surface area contributed by atoms with Crippen molar-refractivity contribution in [2.24, 2.45) is 0 Å². The quantitative estimate of drug-likeness (QED) is 0.770. The molecule has 0 saturated carbocycles. The van der Waals surface area contributed by atoms with E-state index < -0.39 is 6.23 Å². The van der Waals surface area contributed by atoms with E-state index in [9.17, 15) is 9.90 Å². The Hall–Kier alpha value is -0.830. The molecule has 0 aromatic rings. The fourth-order valence-corrected chi connectivity index (χ4v) is 2.48. The molecule has 0 aromatic carbocycles. The van der Waals surface area contributed by atoms with E-state index >= 15 is 0 Å². The van der Waals surface area contributed by atoms with Gasteiger partial charge in [-0.3, -0.25) is 4.79 Å². The summed E-state index contributed by atoms with van der Waals surface area (Å²) >= 11 is 0. The molecule has 0 unspecified atom stereocenters. The second-order valence-corrected chi connectivity index (χ2v) is 4.44. The molecule has 1 heterocycles. The maximum atomic E-state index is 12.0. The fraction of sp³-hybridized carbons (Fsp3) is 0.750. The maximum Gasteiger partial charge on any atom is 0.252 e. The topological polar surface area (TPSA) is 40.5 Å². The Bertz CT molecular complexity index is 296. The molecule has 3 nitrogen and oxygen atoms in total. The van der Waals surface area contributed by atoms with Crippen LogP contribution in [0.2, 0.25) is 0 Å². The van der Waals surface area contributed by atoms with Crippen molar-refractivity contribution in [3.63, 3.8) is 0 Å². The SMILES string of the molecule is CCCCN1C(=O)C2=C(CCCC2)[C@H]1O. The number of hydrogen-bond acceptors (Lipinski definition) is 2. The number of hydrogen-bond donors (Lipinski definition) is 1. The smallest absolute Gasteiger partial charge is 0.252 e. The lowest BCUT2D eigenvalue weighted by molar-refractivity contribution is -0.132. The molecule has 1 aliphatic heterocycles. The monoisotopic (exact) mass is 209 g/mol. The van der Waals surface area contributed by atoms with Crippen molar-refractivity contribution >= 4 is 5.91 Å². The van der Waals surface area contributed by atoms with Crippen molar-refractivity contribution in [1.29, 1.82) is 0 Å². The van der Waals surface area contributed by atoms with Gasteiger partial charge in [0.05, 0.1) is 0 Å². The third-order valence-corrected chi connectivity index (χ3v) is 3.39. The van der Waals surface area contributed by atoms with Gasteiger partial charge >= 0.3 is 0 Å². The van der Waals surface area contributed by atoms with Crippen LogP contribution in [0, 0.1) is 0 Å². The van der Waals surface area contributed by atoms with Gasteiger partial charge in [0.25, 0.3) is 5.91 Å². The Morgan fingerprint density at radius 2 is 2.13 bits per heavy atom. The minimum absolute atomic E-state index is 0.0886. The first-order valence-electron chi connectivity index (χ1n) is 5.96. The normalized spacial score (nSPS) is 26.1. The summed E-state index contributed by atoms with van der Waals surface area (Å²) in [5, 5.41) is 10.0. The van der Waals surface area contributed by atoms with Crippen molar-refractivity contribution in [1.82, 2.24) is 4.90 Å². The van der Waals surface area contributed by atoms with Crippen LogP contribution >= 0.6 is 0 Å². The van der Waals surface area contributed by atoms with Gasteiger partial charge in [0.1, 0.15) is 0 Å². The molecule has 0 aromatic heterocycles. The number of aliphatic hydroxyl groups excluding tert-OH is 1. The summed E-state index contributed by atoms with van der Waals surface area (Å²) in [6, 6.07) is 0. The predicted molar refractivity (Wildman–Crippen MR) is 58.1 cm³/mol. The first-order valence-corrected chi connectivity index (χ1v) is 5.96. The number of amides is 1. The Kier molecular flexibility index (Phi) is 3.10. The summed E-state index contributed by atoms with van der Waals surface area (Å²) in [4.78, 5) is 13.6. The molecule has 0 spiro atoms. The average Bonchev–Trinajstić information content (AvgIpc) is 2.51. The van der Waals surface area contributed by atoms with Crippen LogP contribution in [0.3, 0.4) is 0 Å². The fourth-order valence-electron chi connectivity index (χ4n) is 2.48. The average molecular weight is 209 g/mol. The summed E-state index contributed by atoms with van der Waals surface area (Å²) in [7, 11) is 0. The van der Waals surface area contributed by atoms with Crippen LogP contribution < -0.4 is 0 Å². The minimum Gasteiger partial charge on any atom is -0.369 e. The van der Waals surface area contributed by atoms with E-state index in [0.717, 1.165) is 49.7 Å². The number of unbranched alkanes of at least 4 members (excludes halogenated alkanes) is 1. The van der Waals surface area contributed by atoms with E-state index in [4.69, 9.17) is 0 Å². The van der Waals surface area contributed by atoms with Gasteiger partial charge < -0.3 is 10.0 Å². The number of aliphatic hydroxyl groups is 1. The Morgan fingerprint density at radius 3 is 2.80 bits per heavy atom. The summed E-state index contributed by atoms with van der Waals surface area (Å²) in [5.41, 5.74) is 1.91. The lowest BCUT2D eigenvalue weighted by Crippen LogP contribution is -2.36. The summed E-state index contributed by atoms with van der Waals surface area (Å²) in [6.07, 6.45) is 5.41. The number of carbonyl (C=O) groups is 1. The Morgan fingerprint density at radius 1 is 1.40 bits per heavy atom. The molecule has 0 fully saturated rings. The van der Waals surface area contributed by atoms with Crippen LogP contribution in [-0.4, -0.2) is 28.7 Å². The van der Waals surface area contributed by atoms with Crippen LogP contribution in [0.1, 0.15) is 45.4 Å². The summed E-state index contributed by atoms with van der Waals surface area (Å²) < 4.78 is 0. The highest BCUT2D eigenvalue weighted by atomic mass is 16.3. The van der Waals surface area contributed by atoms with Crippen molar-refractivity contribution < 1.29 is 9.90 Å². The first-order chi connectivity index (χ1) is 7.25. The largest absolute Gasteiger partial charge is 0.369 e. The number of rotatable bonds is 3. The van der Waals surface area contributed by atoms with E-state index in [0.29, 0.717) is 6.54 Å². The lowest BCUT2D eigenvalue weighted by atomic mass is 9.93. The second-order valence-electron chi connectivity index (χ2n) is 4.44. The third-order valence-electron chi connectivity index (χ3n) is 3.39. The van der Waals surface area contributed by atoms with E-state index in [2.05, 4.69) is 6.92 Å². The highest BCUT2D eigenvalue weighted by Gasteiger charge is 2.37. The molecule has 84 valence electrons. The van der Waals surface area contributed by atoms with E-state index in [1.165, 1.54) is 0 Å². The van der Waals surface area contributed by atoms with Crippen LogP contribution in [-0.2, 0) is 4.79 Å². The molecule has 0 radical (unpaired) electrons. The number of nitrogens with zero attached hydrogens (tertiary/aromatic N) is 1. The standard InChI is InChI=1S/C12H19NO2/c1-2-3-8-13-11(14)9-6-4-5-7-10(9)12(13)15/h11,14H,2-8H2,1H3/t11-/m1/s1. The van der Waals surface area contributed by atoms with Crippen LogP contribution in [0.5, 0.6) is 0 Å². The highest BCUT2D eigenvalue weighted by molar-refractivity contribution is 5.97. The van der Waals surface area contributed by atoms with Crippen molar-refractivity contribution in [3.8, 4) is 0 Å². The molecule has 1 atom stereocenters. The second kappa shape index (κ2) is 4.35. The summed E-state index contributed by atoms with van der Waals surface area (Å²) in [6.45, 7) is 2.80. The van der Waals surface area contributed by atoms with Gasteiger partial charge in [-0.15, -0.1) is 0 Å². The molecule has 15 heavy (non-hydrogen) atoms. The molecule has 1 aliphatic carbocycles. The van der Waals surface area contributed by atoms with Crippen LogP contribution in [0.4, 0.5) is 0 Å². The van der Waals surface area contributed by atoms with Crippen LogP contribution in [0.25, 0.3) is 0 Å². The van der Waals surface area contributed by atoms with Gasteiger partial charge in [-0.25, -0.2) is 0 Å². The molecule has 0 bridgehead atoms. The summed E-state index contributed by atoms with van der Waals surface area (Å²) in [5.74, 6) is 0.0886. The van der Waals surface area contributed by atoms with Crippen molar-refractivity contribution in [2.75, 3.05) is 6.54 Å². The molecule has 1 amide bonds. The van der Waals surface area contributed by atoms with Gasteiger partial charge in [0, 0.05) is 12.1 Å². The Labute approximate surface area is 90.8 Å². The lowest BCUT2D eigenvalue weighted by Gasteiger charge is -2.22.